The van der Waals surface area contributed by atoms with Crippen molar-refractivity contribution in [3.63, 3.8) is 0 Å². The average Bonchev–Trinajstić information content (AvgIpc) is 3.10. The Hall–Kier alpha value is -3.95. The van der Waals surface area contributed by atoms with E-state index < -0.39 is 28.5 Å². The normalized spacial score (nSPS) is 14.2. The fraction of sp³-hybridized carbons (Fsp3) is 0.333. The number of carbonyl (C=O) groups excluding carboxylic acids is 2. The van der Waals surface area contributed by atoms with Crippen molar-refractivity contribution in [1.82, 2.24) is 10.2 Å². The van der Waals surface area contributed by atoms with Crippen molar-refractivity contribution in [1.29, 1.82) is 0 Å². The largest absolute Gasteiger partial charge is 0.352 e. The number of aryl methyl sites for hydroxylation is 2. The second-order valence-corrected chi connectivity index (χ2v) is 15.3. The number of rotatable bonds is 13. The third kappa shape index (κ3) is 8.94. The lowest BCUT2D eigenvalue weighted by Crippen LogP contribution is -2.55. The van der Waals surface area contributed by atoms with Gasteiger partial charge in [-0.15, -0.1) is 0 Å². The van der Waals surface area contributed by atoms with Crippen LogP contribution in [0, 0.1) is 6.92 Å². The summed E-state index contributed by atoms with van der Waals surface area (Å²) in [6.07, 6.45) is 5.93. The lowest BCUT2D eigenvalue weighted by molar-refractivity contribution is -0.140. The lowest BCUT2D eigenvalue weighted by Gasteiger charge is -2.35. The highest BCUT2D eigenvalue weighted by Crippen LogP contribution is 2.29. The summed E-state index contributed by atoms with van der Waals surface area (Å²) in [6.45, 7) is 3.53. The number of halogens is 1. The van der Waals surface area contributed by atoms with Gasteiger partial charge >= 0.3 is 0 Å². The summed E-state index contributed by atoms with van der Waals surface area (Å²) in [7, 11) is -4.16. The van der Waals surface area contributed by atoms with Gasteiger partial charge in [-0.2, -0.15) is 0 Å². The third-order valence-electron chi connectivity index (χ3n) is 9.02. The second kappa shape index (κ2) is 16.4. The van der Waals surface area contributed by atoms with Gasteiger partial charge in [0.25, 0.3) is 10.0 Å². The van der Waals surface area contributed by atoms with Crippen molar-refractivity contribution < 1.29 is 18.0 Å². The van der Waals surface area contributed by atoms with Crippen LogP contribution in [0.4, 0.5) is 5.69 Å². The first-order chi connectivity index (χ1) is 23.2. The summed E-state index contributed by atoms with van der Waals surface area (Å²) in [5.74, 6) is -0.683. The van der Waals surface area contributed by atoms with Gasteiger partial charge in [0.15, 0.2) is 0 Å². The van der Waals surface area contributed by atoms with E-state index in [4.69, 9.17) is 0 Å². The average molecular weight is 731 g/mol. The van der Waals surface area contributed by atoms with Gasteiger partial charge in [0, 0.05) is 23.5 Å². The number of benzene rings is 4. The second-order valence-electron chi connectivity index (χ2n) is 12.5. The Morgan fingerprint density at radius 2 is 1.48 bits per heavy atom. The van der Waals surface area contributed by atoms with E-state index in [0.717, 1.165) is 58.8 Å². The van der Waals surface area contributed by atoms with Crippen molar-refractivity contribution in [3.8, 4) is 0 Å². The highest BCUT2D eigenvalue weighted by molar-refractivity contribution is 9.10. The van der Waals surface area contributed by atoms with Gasteiger partial charge in [-0.05, 0) is 73.2 Å². The van der Waals surface area contributed by atoms with Crippen LogP contribution in [0.25, 0.3) is 0 Å². The van der Waals surface area contributed by atoms with Gasteiger partial charge in [0.1, 0.15) is 12.6 Å². The molecule has 0 aliphatic heterocycles. The quantitative estimate of drug-likeness (QED) is 0.154. The van der Waals surface area contributed by atoms with Crippen LogP contribution in [0.5, 0.6) is 0 Å². The molecule has 1 atom stereocenters. The van der Waals surface area contributed by atoms with E-state index in [1.165, 1.54) is 4.31 Å². The number of hydrogen-bond acceptors (Lipinski definition) is 4. The molecule has 0 aromatic heterocycles. The Kier molecular flexibility index (Phi) is 12.1. The van der Waals surface area contributed by atoms with E-state index in [1.54, 1.807) is 41.3 Å². The van der Waals surface area contributed by atoms with Crippen LogP contribution in [-0.2, 0) is 39.0 Å². The predicted octanol–water partition coefficient (Wildman–Crippen LogP) is 7.60. The van der Waals surface area contributed by atoms with Gasteiger partial charge in [-0.3, -0.25) is 13.9 Å². The maximum absolute atomic E-state index is 14.8. The van der Waals surface area contributed by atoms with Crippen molar-refractivity contribution in [2.24, 2.45) is 0 Å². The Balaban J connectivity index is 1.58. The number of amides is 2. The van der Waals surface area contributed by atoms with E-state index in [1.807, 2.05) is 80.6 Å². The van der Waals surface area contributed by atoms with Crippen LogP contribution in [0.2, 0.25) is 0 Å². The summed E-state index contributed by atoms with van der Waals surface area (Å²) in [6, 6.07) is 30.4. The summed E-state index contributed by atoms with van der Waals surface area (Å²) < 4.78 is 30.9. The summed E-state index contributed by atoms with van der Waals surface area (Å²) in [5, 5.41) is 3.26. The van der Waals surface area contributed by atoms with Crippen molar-refractivity contribution in [2.75, 3.05) is 10.8 Å². The van der Waals surface area contributed by atoms with Crippen LogP contribution < -0.4 is 9.62 Å². The molecule has 1 fully saturated rings. The summed E-state index contributed by atoms with van der Waals surface area (Å²) >= 11 is 3.49. The molecule has 1 saturated carbocycles. The van der Waals surface area contributed by atoms with Crippen molar-refractivity contribution in [2.45, 2.75) is 82.3 Å². The molecule has 0 spiro atoms. The van der Waals surface area contributed by atoms with Crippen molar-refractivity contribution in [3.05, 3.63) is 130 Å². The molecule has 4 aromatic rings. The van der Waals surface area contributed by atoms with E-state index in [9.17, 15) is 18.0 Å². The number of carbonyl (C=O) groups is 2. The number of sulfonamides is 1. The molecule has 2 amide bonds. The summed E-state index contributed by atoms with van der Waals surface area (Å²) in [4.78, 5) is 30.7. The van der Waals surface area contributed by atoms with E-state index in [2.05, 4.69) is 21.2 Å². The first-order valence-corrected chi connectivity index (χ1v) is 18.9. The Morgan fingerprint density at radius 3 is 2.15 bits per heavy atom. The maximum Gasteiger partial charge on any atom is 0.264 e. The number of nitrogens with zero attached hydrogens (tertiary/aromatic N) is 2. The van der Waals surface area contributed by atoms with Gasteiger partial charge in [-0.25, -0.2) is 8.42 Å². The zero-order valence-corrected chi connectivity index (χ0v) is 30.0. The monoisotopic (exact) mass is 729 g/mol. The van der Waals surface area contributed by atoms with Gasteiger partial charge in [0.05, 0.1) is 10.6 Å². The number of anilines is 1. The van der Waals surface area contributed by atoms with Crippen LogP contribution >= 0.6 is 15.9 Å². The van der Waals surface area contributed by atoms with Crippen LogP contribution in [0.1, 0.15) is 61.3 Å². The van der Waals surface area contributed by atoms with Crippen LogP contribution in [-0.4, -0.2) is 43.8 Å². The minimum Gasteiger partial charge on any atom is -0.352 e. The Morgan fingerprint density at radius 1 is 0.833 bits per heavy atom. The van der Waals surface area contributed by atoms with E-state index in [0.29, 0.717) is 12.1 Å². The Labute approximate surface area is 293 Å². The van der Waals surface area contributed by atoms with Crippen LogP contribution in [0.3, 0.4) is 0 Å². The number of nitrogens with one attached hydrogen (secondary N) is 1. The zero-order valence-electron chi connectivity index (χ0n) is 27.6. The Bertz CT molecular complexity index is 1770. The molecule has 1 N–H and O–H groups in total. The predicted molar refractivity (Wildman–Crippen MR) is 195 cm³/mol. The number of para-hydroxylation sites is 1. The first-order valence-electron chi connectivity index (χ1n) is 16.7. The molecule has 1 aliphatic rings. The van der Waals surface area contributed by atoms with Crippen LogP contribution in [0.15, 0.2) is 112 Å². The van der Waals surface area contributed by atoms with Crippen molar-refractivity contribution >= 4 is 43.5 Å². The highest BCUT2D eigenvalue weighted by atomic mass is 79.9. The van der Waals surface area contributed by atoms with Gasteiger partial charge in [-0.1, -0.05) is 120 Å². The molecular weight excluding hydrogens is 686 g/mol. The van der Waals surface area contributed by atoms with E-state index >= 15 is 0 Å². The minimum atomic E-state index is -4.16. The molecule has 0 unspecified atom stereocenters. The van der Waals surface area contributed by atoms with Gasteiger partial charge in [0.2, 0.25) is 11.8 Å². The van der Waals surface area contributed by atoms with E-state index in [-0.39, 0.29) is 29.8 Å². The minimum absolute atomic E-state index is 0.0454. The third-order valence-corrected chi connectivity index (χ3v) is 11.3. The summed E-state index contributed by atoms with van der Waals surface area (Å²) in [5.41, 5.74) is 3.92. The molecule has 9 heteroatoms. The molecule has 0 radical (unpaired) electrons. The first kappa shape index (κ1) is 35.4. The lowest BCUT2D eigenvalue weighted by atomic mass is 9.94. The zero-order chi connectivity index (χ0) is 34.1. The molecule has 1 aliphatic carbocycles. The number of hydrogen-bond donors (Lipinski definition) is 1. The highest BCUT2D eigenvalue weighted by Gasteiger charge is 2.36. The molecule has 0 bridgehead atoms. The molecule has 4 aromatic carbocycles. The molecule has 5 rings (SSSR count). The fourth-order valence-electron chi connectivity index (χ4n) is 6.29. The smallest absolute Gasteiger partial charge is 0.264 e. The molecule has 0 saturated heterocycles. The molecule has 0 heterocycles. The maximum atomic E-state index is 14.8. The standard InChI is InChI=1S/C39H44BrN3O4S/c1-3-32-14-10-11-17-36(32)43(48(46,47)35-24-18-29(2)19-25-35)28-38(44)42(27-31-20-22-33(40)23-21-31)37(26-30-12-6-4-7-13-30)39(45)41-34-15-8-5-9-16-34/h4,6-7,10-14,17-25,34,37H,3,5,8-9,15-16,26-28H2,1-2H3,(H,41,45)/t37-/m1/s1. The molecule has 252 valence electrons. The molecule has 7 nitrogen and oxygen atoms in total. The molecule has 48 heavy (non-hydrogen) atoms. The molecular formula is C39H44BrN3O4S. The fourth-order valence-corrected chi connectivity index (χ4v) is 8.00. The SMILES string of the molecule is CCc1ccccc1N(CC(=O)N(Cc1ccc(Br)cc1)[C@H](Cc1ccccc1)C(=O)NC1CCCCC1)S(=O)(=O)c1ccc(C)cc1. The van der Waals surface area contributed by atoms with Gasteiger partial charge < -0.3 is 10.2 Å². The topological polar surface area (TPSA) is 86.8 Å².